The number of carbonyl (C=O) groups is 2. The first-order valence-electron chi connectivity index (χ1n) is 10.6. The van der Waals surface area contributed by atoms with Crippen molar-refractivity contribution in [3.8, 4) is 0 Å². The zero-order chi connectivity index (χ0) is 24.6. The van der Waals surface area contributed by atoms with Crippen LogP contribution >= 0.6 is 0 Å². The molecule has 0 spiro atoms. The van der Waals surface area contributed by atoms with E-state index in [1.807, 2.05) is 37.3 Å². The topological polar surface area (TPSA) is 92.8 Å². The van der Waals surface area contributed by atoms with Gasteiger partial charge in [0, 0.05) is 0 Å². The Morgan fingerprint density at radius 2 is 1.65 bits per heavy atom. The minimum atomic E-state index is -3.98. The maximum atomic E-state index is 13.3. The first-order chi connectivity index (χ1) is 16.3. The van der Waals surface area contributed by atoms with Gasteiger partial charge in [0.05, 0.1) is 28.7 Å². The molecule has 176 valence electrons. The van der Waals surface area contributed by atoms with E-state index in [1.165, 1.54) is 34.6 Å². The summed E-state index contributed by atoms with van der Waals surface area (Å²) in [5.74, 6) is -1.26. The molecule has 0 aliphatic rings. The summed E-state index contributed by atoms with van der Waals surface area (Å²) in [4.78, 5) is 24.7. The molecule has 7 nitrogen and oxygen atoms in total. The molecule has 0 aliphatic carbocycles. The number of nitrogens with zero attached hydrogens (tertiary/aromatic N) is 1. The Labute approximate surface area is 199 Å². The number of esters is 1. The second-order valence-electron chi connectivity index (χ2n) is 7.46. The number of rotatable bonds is 10. The van der Waals surface area contributed by atoms with Crippen LogP contribution in [0.1, 0.15) is 28.9 Å². The lowest BCUT2D eigenvalue weighted by Crippen LogP contribution is -2.32. The van der Waals surface area contributed by atoms with E-state index < -0.39 is 28.5 Å². The summed E-state index contributed by atoms with van der Waals surface area (Å²) in [6, 6.07) is 23.3. The molecule has 34 heavy (non-hydrogen) atoms. The molecule has 1 N–H and O–H groups in total. The number of para-hydroxylation sites is 1. The Balaban J connectivity index is 1.69. The molecule has 0 saturated heterocycles. The number of amides is 1. The van der Waals surface area contributed by atoms with E-state index in [4.69, 9.17) is 4.74 Å². The van der Waals surface area contributed by atoms with E-state index in [1.54, 1.807) is 30.3 Å². The number of carbonyl (C=O) groups excluding carboxylic acids is 2. The van der Waals surface area contributed by atoms with E-state index in [0.717, 1.165) is 5.56 Å². The second-order valence-corrected chi connectivity index (χ2v) is 9.33. The van der Waals surface area contributed by atoms with E-state index in [-0.39, 0.29) is 23.0 Å². The first kappa shape index (κ1) is 24.7. The average molecular weight is 479 g/mol. The van der Waals surface area contributed by atoms with Crippen molar-refractivity contribution in [1.82, 2.24) is 5.32 Å². The third kappa shape index (κ3) is 6.11. The number of ether oxygens (including phenoxy) is 1. The van der Waals surface area contributed by atoms with Gasteiger partial charge in [-0.15, -0.1) is 6.58 Å². The zero-order valence-electron chi connectivity index (χ0n) is 18.8. The van der Waals surface area contributed by atoms with Crippen LogP contribution in [0, 0.1) is 0 Å². The molecule has 0 bridgehead atoms. The van der Waals surface area contributed by atoms with Gasteiger partial charge in [0.1, 0.15) is 0 Å². The van der Waals surface area contributed by atoms with Gasteiger partial charge in [-0.25, -0.2) is 13.2 Å². The Bertz CT molecular complexity index is 1240. The minimum absolute atomic E-state index is 0.0246. The summed E-state index contributed by atoms with van der Waals surface area (Å²) in [7, 11) is -3.98. The summed E-state index contributed by atoms with van der Waals surface area (Å²) in [6.07, 6.45) is 1.48. The highest BCUT2D eigenvalue weighted by Crippen LogP contribution is 2.24. The van der Waals surface area contributed by atoms with Gasteiger partial charge in [-0.3, -0.25) is 9.10 Å². The van der Waals surface area contributed by atoms with Crippen LogP contribution in [0.15, 0.2) is 102 Å². The van der Waals surface area contributed by atoms with Crippen LogP contribution in [0.3, 0.4) is 0 Å². The van der Waals surface area contributed by atoms with Crippen molar-refractivity contribution in [2.24, 2.45) is 0 Å². The third-order valence-corrected chi connectivity index (χ3v) is 6.80. The molecular formula is C26H26N2O5S. The number of benzene rings is 3. The average Bonchev–Trinajstić information content (AvgIpc) is 2.86. The zero-order valence-corrected chi connectivity index (χ0v) is 19.6. The summed E-state index contributed by atoms with van der Waals surface area (Å²) in [5.41, 5.74) is 1.42. The Kier molecular flexibility index (Phi) is 8.21. The number of sulfonamides is 1. The largest absolute Gasteiger partial charge is 0.452 e. The van der Waals surface area contributed by atoms with Crippen LogP contribution < -0.4 is 9.62 Å². The van der Waals surface area contributed by atoms with E-state index in [2.05, 4.69) is 11.9 Å². The van der Waals surface area contributed by atoms with Crippen molar-refractivity contribution < 1.29 is 22.7 Å². The second kappa shape index (κ2) is 11.3. The Hall–Kier alpha value is -3.91. The van der Waals surface area contributed by atoms with Crippen molar-refractivity contribution in [2.75, 3.05) is 17.5 Å². The smallest absolute Gasteiger partial charge is 0.338 e. The Morgan fingerprint density at radius 3 is 2.29 bits per heavy atom. The molecule has 1 atom stereocenters. The lowest BCUT2D eigenvalue weighted by Gasteiger charge is -2.23. The molecule has 1 amide bonds. The van der Waals surface area contributed by atoms with Gasteiger partial charge in [0.15, 0.2) is 6.61 Å². The molecular weight excluding hydrogens is 452 g/mol. The Morgan fingerprint density at radius 1 is 1.00 bits per heavy atom. The normalized spacial score (nSPS) is 11.8. The summed E-state index contributed by atoms with van der Waals surface area (Å²) >= 11 is 0. The van der Waals surface area contributed by atoms with Gasteiger partial charge in [-0.2, -0.15) is 0 Å². The predicted octanol–water partition coefficient (Wildman–Crippen LogP) is 4.10. The molecule has 0 heterocycles. The molecule has 0 aromatic heterocycles. The van der Waals surface area contributed by atoms with Gasteiger partial charge < -0.3 is 10.1 Å². The quantitative estimate of drug-likeness (QED) is 0.350. The van der Waals surface area contributed by atoms with E-state index >= 15 is 0 Å². The van der Waals surface area contributed by atoms with Gasteiger partial charge in [0.2, 0.25) is 0 Å². The fourth-order valence-electron chi connectivity index (χ4n) is 3.29. The number of hydrogen-bond donors (Lipinski definition) is 1. The molecule has 3 aromatic carbocycles. The van der Waals surface area contributed by atoms with E-state index in [0.29, 0.717) is 5.69 Å². The molecule has 0 unspecified atom stereocenters. The van der Waals surface area contributed by atoms with Gasteiger partial charge in [-0.05, 0) is 42.8 Å². The maximum Gasteiger partial charge on any atom is 0.338 e. The SMILES string of the molecule is C=CCN(c1ccccc1)S(=O)(=O)c1cccc(C(=O)OCC(=O)N[C@@H](C)c2ccccc2)c1. The minimum Gasteiger partial charge on any atom is -0.452 e. The maximum absolute atomic E-state index is 13.3. The molecule has 0 aliphatic heterocycles. The van der Waals surface area contributed by atoms with Crippen LogP contribution in [-0.2, 0) is 19.6 Å². The summed E-state index contributed by atoms with van der Waals surface area (Å²) in [5, 5.41) is 2.76. The summed E-state index contributed by atoms with van der Waals surface area (Å²) in [6.45, 7) is 5.04. The highest BCUT2D eigenvalue weighted by Gasteiger charge is 2.25. The standard InChI is InChI=1S/C26H26N2O5S/c1-3-17-28(23-14-8-5-9-15-23)34(31,32)24-16-10-13-22(18-24)26(30)33-19-25(29)27-20(2)21-11-6-4-7-12-21/h3-16,18,20H,1,17,19H2,2H3,(H,27,29)/t20-/m0/s1. The van der Waals surface area contributed by atoms with Crippen LogP contribution in [-0.4, -0.2) is 33.4 Å². The monoisotopic (exact) mass is 478 g/mol. The molecule has 8 heteroatoms. The van der Waals surface area contributed by atoms with Crippen LogP contribution in [0.25, 0.3) is 0 Å². The predicted molar refractivity (Wildman–Crippen MR) is 131 cm³/mol. The highest BCUT2D eigenvalue weighted by molar-refractivity contribution is 7.92. The molecule has 3 aromatic rings. The molecule has 3 rings (SSSR count). The van der Waals surface area contributed by atoms with Crippen molar-refractivity contribution in [2.45, 2.75) is 17.9 Å². The molecule has 0 fully saturated rings. The highest BCUT2D eigenvalue weighted by atomic mass is 32.2. The van der Waals surface area contributed by atoms with Crippen LogP contribution in [0.5, 0.6) is 0 Å². The van der Waals surface area contributed by atoms with Crippen molar-refractivity contribution in [3.63, 3.8) is 0 Å². The first-order valence-corrected chi connectivity index (χ1v) is 12.1. The summed E-state index contributed by atoms with van der Waals surface area (Å²) < 4.78 is 32.9. The fraction of sp³-hybridized carbons (Fsp3) is 0.154. The number of anilines is 1. The van der Waals surface area contributed by atoms with Crippen LogP contribution in [0.2, 0.25) is 0 Å². The van der Waals surface area contributed by atoms with Crippen molar-refractivity contribution in [1.29, 1.82) is 0 Å². The lowest BCUT2D eigenvalue weighted by molar-refractivity contribution is -0.124. The van der Waals surface area contributed by atoms with E-state index in [9.17, 15) is 18.0 Å². The third-order valence-electron chi connectivity index (χ3n) is 5.01. The molecule has 0 saturated carbocycles. The van der Waals surface area contributed by atoms with Crippen molar-refractivity contribution in [3.05, 3.63) is 109 Å². The number of nitrogens with one attached hydrogen (secondary N) is 1. The van der Waals surface area contributed by atoms with Gasteiger partial charge in [0.25, 0.3) is 15.9 Å². The molecule has 0 radical (unpaired) electrons. The van der Waals surface area contributed by atoms with Gasteiger partial charge in [-0.1, -0.05) is 60.7 Å². The van der Waals surface area contributed by atoms with Gasteiger partial charge >= 0.3 is 5.97 Å². The fourth-order valence-corrected chi connectivity index (χ4v) is 4.77. The number of hydrogen-bond acceptors (Lipinski definition) is 5. The lowest BCUT2D eigenvalue weighted by atomic mass is 10.1. The van der Waals surface area contributed by atoms with Crippen molar-refractivity contribution >= 4 is 27.6 Å². The van der Waals surface area contributed by atoms with Crippen LogP contribution in [0.4, 0.5) is 5.69 Å².